The lowest BCUT2D eigenvalue weighted by atomic mass is 9.98. The third kappa shape index (κ3) is 3.88. The summed E-state index contributed by atoms with van der Waals surface area (Å²) < 4.78 is 10.6. The summed E-state index contributed by atoms with van der Waals surface area (Å²) in [7, 11) is 1.63. The van der Waals surface area contributed by atoms with E-state index in [-0.39, 0.29) is 35.5 Å². The van der Waals surface area contributed by atoms with Gasteiger partial charge in [0.2, 0.25) is 5.60 Å². The molecule has 0 spiro atoms. The van der Waals surface area contributed by atoms with E-state index in [0.29, 0.717) is 42.4 Å². The van der Waals surface area contributed by atoms with Crippen molar-refractivity contribution in [1.82, 2.24) is 25.3 Å². The average Bonchev–Trinajstić information content (AvgIpc) is 3.59. The molecule has 0 bridgehead atoms. The summed E-state index contributed by atoms with van der Waals surface area (Å²) in [5.41, 5.74) is 6.27. The molecule has 1 aromatic carbocycles. The number of carbonyl (C=O) groups excluding carboxylic acids is 2. The molecule has 2 aromatic heterocycles. The van der Waals surface area contributed by atoms with E-state index in [1.807, 2.05) is 6.07 Å². The van der Waals surface area contributed by atoms with Crippen molar-refractivity contribution >= 4 is 17.5 Å². The lowest BCUT2D eigenvalue weighted by Gasteiger charge is -2.16. The smallest absolute Gasteiger partial charge is 0.272 e. The number of rotatable bonds is 5. The third-order valence-electron chi connectivity index (χ3n) is 6.14. The fourth-order valence-corrected chi connectivity index (χ4v) is 4.12. The minimum Gasteiger partial charge on any atom is -0.396 e. The number of likely N-dealkylation sites (N-methyl/N-ethyl adjacent to an activating group) is 1. The van der Waals surface area contributed by atoms with Crippen molar-refractivity contribution in [3.63, 3.8) is 0 Å². The van der Waals surface area contributed by atoms with Crippen LogP contribution in [0.5, 0.6) is 0 Å². The molecule has 34 heavy (non-hydrogen) atoms. The van der Waals surface area contributed by atoms with Crippen LogP contribution in [0.15, 0.2) is 41.1 Å². The molecule has 0 radical (unpaired) electrons. The molecule has 4 N–H and O–H groups in total. The number of amides is 2. The summed E-state index contributed by atoms with van der Waals surface area (Å²) in [5.74, 6) is -0.387. The van der Waals surface area contributed by atoms with Crippen molar-refractivity contribution in [2.24, 2.45) is 0 Å². The van der Waals surface area contributed by atoms with Gasteiger partial charge in [-0.1, -0.05) is 23.4 Å². The number of benzene rings is 1. The maximum atomic E-state index is 12.7. The van der Waals surface area contributed by atoms with Crippen LogP contribution in [-0.2, 0) is 15.1 Å². The summed E-state index contributed by atoms with van der Waals surface area (Å²) in [6.07, 6.45) is 2.37. The fourth-order valence-electron chi connectivity index (χ4n) is 4.12. The van der Waals surface area contributed by atoms with E-state index in [1.54, 1.807) is 31.3 Å². The van der Waals surface area contributed by atoms with Gasteiger partial charge in [0.05, 0.1) is 24.5 Å². The number of hydrogen-bond acceptors (Lipinski definition) is 9. The zero-order valence-electron chi connectivity index (χ0n) is 18.5. The standard InChI is InChI=1S/C23H24N6O5/c1-29-7-6-23(32,22(29)31)18-10-17(28-34-18)13-3-2-4-14(9-13)20-25-11-16(24)19(27-20)21(30)26-15-5-8-33-12-15/h2-4,9-11,15,32H,5-8,12,24H2,1H3,(H,26,30). The normalized spacial score (nSPS) is 22.4. The summed E-state index contributed by atoms with van der Waals surface area (Å²) >= 11 is 0. The molecule has 4 heterocycles. The number of anilines is 1. The van der Waals surface area contributed by atoms with E-state index < -0.39 is 11.5 Å². The SMILES string of the molecule is CN1CCC(O)(c2cc(-c3cccc(-c4ncc(N)c(C(=O)NC5CCOC5)n4)c3)no2)C1=O. The number of aliphatic hydroxyl groups is 1. The van der Waals surface area contributed by atoms with Crippen LogP contribution in [-0.4, -0.2) is 69.8 Å². The summed E-state index contributed by atoms with van der Waals surface area (Å²) in [4.78, 5) is 35.2. The molecule has 0 saturated carbocycles. The van der Waals surface area contributed by atoms with Gasteiger partial charge in [-0.15, -0.1) is 0 Å². The van der Waals surface area contributed by atoms with Crippen molar-refractivity contribution in [2.45, 2.75) is 24.5 Å². The number of hydrogen-bond donors (Lipinski definition) is 3. The topological polar surface area (TPSA) is 157 Å². The van der Waals surface area contributed by atoms with Crippen LogP contribution in [0.2, 0.25) is 0 Å². The number of nitrogens with zero attached hydrogens (tertiary/aromatic N) is 4. The molecular weight excluding hydrogens is 440 g/mol. The van der Waals surface area contributed by atoms with Gasteiger partial charge in [0.1, 0.15) is 5.69 Å². The molecule has 11 nitrogen and oxygen atoms in total. The first-order valence-corrected chi connectivity index (χ1v) is 10.9. The number of carbonyl (C=O) groups is 2. The quantitative estimate of drug-likeness (QED) is 0.500. The molecule has 2 atom stereocenters. The number of ether oxygens (including phenoxy) is 1. The lowest BCUT2D eigenvalue weighted by molar-refractivity contribution is -0.144. The highest BCUT2D eigenvalue weighted by Crippen LogP contribution is 2.35. The Kier molecular flexibility index (Phi) is 5.50. The zero-order chi connectivity index (χ0) is 23.9. The van der Waals surface area contributed by atoms with Crippen molar-refractivity contribution < 1.29 is 24.0 Å². The minimum absolute atomic E-state index is 0.0728. The van der Waals surface area contributed by atoms with Crippen LogP contribution >= 0.6 is 0 Å². The Labute approximate surface area is 194 Å². The van der Waals surface area contributed by atoms with Crippen molar-refractivity contribution in [1.29, 1.82) is 0 Å². The highest BCUT2D eigenvalue weighted by molar-refractivity contribution is 5.97. The maximum absolute atomic E-state index is 12.7. The molecule has 2 saturated heterocycles. The number of nitrogen functional groups attached to an aromatic ring is 1. The predicted octanol–water partition coefficient (Wildman–Crippen LogP) is 0.949. The van der Waals surface area contributed by atoms with Gasteiger partial charge in [-0.3, -0.25) is 9.59 Å². The minimum atomic E-state index is -1.72. The Bertz CT molecular complexity index is 1250. The van der Waals surface area contributed by atoms with Gasteiger partial charge in [0.25, 0.3) is 11.8 Å². The van der Waals surface area contributed by atoms with E-state index in [4.69, 9.17) is 15.0 Å². The van der Waals surface area contributed by atoms with E-state index in [9.17, 15) is 14.7 Å². The maximum Gasteiger partial charge on any atom is 0.272 e. The van der Waals surface area contributed by atoms with Gasteiger partial charge in [0.15, 0.2) is 17.3 Å². The molecule has 2 aliphatic rings. The monoisotopic (exact) mass is 464 g/mol. The average molecular weight is 464 g/mol. The molecule has 2 unspecified atom stereocenters. The molecule has 176 valence electrons. The molecule has 0 aliphatic carbocycles. The predicted molar refractivity (Wildman–Crippen MR) is 120 cm³/mol. The highest BCUT2D eigenvalue weighted by atomic mass is 16.5. The second-order valence-electron chi connectivity index (χ2n) is 8.53. The van der Waals surface area contributed by atoms with Gasteiger partial charge in [-0.05, 0) is 12.5 Å². The van der Waals surface area contributed by atoms with Crippen LogP contribution in [0.4, 0.5) is 5.69 Å². The van der Waals surface area contributed by atoms with Crippen molar-refractivity contribution in [2.75, 3.05) is 32.5 Å². The van der Waals surface area contributed by atoms with Crippen molar-refractivity contribution in [3.8, 4) is 22.6 Å². The van der Waals surface area contributed by atoms with Gasteiger partial charge >= 0.3 is 0 Å². The zero-order valence-corrected chi connectivity index (χ0v) is 18.5. The van der Waals surface area contributed by atoms with E-state index in [0.717, 1.165) is 6.42 Å². The summed E-state index contributed by atoms with van der Waals surface area (Å²) in [5, 5.41) is 17.7. The Balaban J connectivity index is 1.41. The highest BCUT2D eigenvalue weighted by Gasteiger charge is 2.48. The van der Waals surface area contributed by atoms with Crippen molar-refractivity contribution in [3.05, 3.63) is 48.0 Å². The van der Waals surface area contributed by atoms with Crippen LogP contribution in [0.3, 0.4) is 0 Å². The Hall–Kier alpha value is -3.83. The van der Waals surface area contributed by atoms with Gasteiger partial charge in [-0.25, -0.2) is 9.97 Å². The Morgan fingerprint density at radius 3 is 2.88 bits per heavy atom. The van der Waals surface area contributed by atoms with Gasteiger partial charge in [0, 0.05) is 43.8 Å². The first-order valence-electron chi connectivity index (χ1n) is 10.9. The van der Waals surface area contributed by atoms with Crippen LogP contribution in [0.25, 0.3) is 22.6 Å². The molecular formula is C23H24N6O5. The van der Waals surface area contributed by atoms with Crippen LogP contribution in [0, 0.1) is 0 Å². The van der Waals surface area contributed by atoms with E-state index in [2.05, 4.69) is 20.4 Å². The first-order chi connectivity index (χ1) is 16.3. The first kappa shape index (κ1) is 22.0. The molecule has 11 heteroatoms. The number of nitrogens with two attached hydrogens (primary N) is 1. The van der Waals surface area contributed by atoms with E-state index in [1.165, 1.54) is 11.1 Å². The van der Waals surface area contributed by atoms with Gasteiger partial charge < -0.3 is 30.3 Å². The second kappa shape index (κ2) is 8.50. The summed E-state index contributed by atoms with van der Waals surface area (Å²) in [6, 6.07) is 8.66. The number of likely N-dealkylation sites (tertiary alicyclic amines) is 1. The number of aromatic nitrogens is 3. The molecule has 2 aliphatic heterocycles. The Morgan fingerprint density at radius 1 is 1.32 bits per heavy atom. The molecule has 2 fully saturated rings. The van der Waals surface area contributed by atoms with Crippen LogP contribution < -0.4 is 11.1 Å². The second-order valence-corrected chi connectivity index (χ2v) is 8.53. The van der Waals surface area contributed by atoms with Gasteiger partial charge in [-0.2, -0.15) is 0 Å². The Morgan fingerprint density at radius 2 is 2.15 bits per heavy atom. The summed E-state index contributed by atoms with van der Waals surface area (Å²) in [6.45, 7) is 1.50. The third-order valence-corrected chi connectivity index (χ3v) is 6.14. The van der Waals surface area contributed by atoms with E-state index >= 15 is 0 Å². The molecule has 2 amide bonds. The molecule has 5 rings (SSSR count). The van der Waals surface area contributed by atoms with Crippen LogP contribution in [0.1, 0.15) is 29.1 Å². The fraction of sp³-hybridized carbons (Fsp3) is 0.348. The lowest BCUT2D eigenvalue weighted by Crippen LogP contribution is -2.36. The number of nitrogens with one attached hydrogen (secondary N) is 1. The largest absolute Gasteiger partial charge is 0.396 e. The molecule has 3 aromatic rings.